The summed E-state index contributed by atoms with van der Waals surface area (Å²) in [7, 11) is 0. The Balaban J connectivity index is 1.42. The van der Waals surface area contributed by atoms with Crippen LogP contribution in [0.3, 0.4) is 0 Å². The number of para-hydroxylation sites is 3. The molecule has 0 saturated heterocycles. The van der Waals surface area contributed by atoms with E-state index in [1.54, 1.807) is 0 Å². The summed E-state index contributed by atoms with van der Waals surface area (Å²) in [4.78, 5) is 2.44. The van der Waals surface area contributed by atoms with Crippen molar-refractivity contribution in [3.63, 3.8) is 0 Å². The predicted octanol–water partition coefficient (Wildman–Crippen LogP) is 8.32. The maximum Gasteiger partial charge on any atom is 0.297 e. The van der Waals surface area contributed by atoms with Crippen molar-refractivity contribution in [1.29, 1.82) is 0 Å². The molecule has 6 aromatic carbocycles. The lowest BCUT2D eigenvalue weighted by Gasteiger charge is -2.37. The number of hydrogen-bond donors (Lipinski definition) is 0. The van der Waals surface area contributed by atoms with Crippen molar-refractivity contribution < 1.29 is 4.42 Å². The van der Waals surface area contributed by atoms with Gasteiger partial charge in [0.25, 0.3) is 6.71 Å². The molecule has 4 heteroatoms. The summed E-state index contributed by atoms with van der Waals surface area (Å²) >= 11 is 0. The molecule has 0 spiro atoms. The van der Waals surface area contributed by atoms with Gasteiger partial charge in [0.2, 0.25) is 0 Å². The van der Waals surface area contributed by atoms with Gasteiger partial charge in [0.15, 0.2) is 0 Å². The normalized spacial score (nSPS) is 12.9. The number of anilines is 3. The highest BCUT2D eigenvalue weighted by atomic mass is 16.3. The molecule has 0 amide bonds. The fourth-order valence-corrected chi connectivity index (χ4v) is 7.65. The minimum atomic E-state index is -0.0587. The van der Waals surface area contributed by atoms with Gasteiger partial charge in [0.05, 0.1) is 27.9 Å². The minimum absolute atomic E-state index is 0.0587. The Morgan fingerprint density at radius 2 is 1.18 bits per heavy atom. The lowest BCUT2D eigenvalue weighted by molar-refractivity contribution is 0.616. The summed E-state index contributed by atoms with van der Waals surface area (Å²) in [6, 6.07) is 54.3. The van der Waals surface area contributed by atoms with Crippen LogP contribution in [0.1, 0.15) is 0 Å². The molecule has 0 fully saturated rings. The number of fused-ring (bicyclic) bond motifs is 8. The van der Waals surface area contributed by atoms with E-state index < -0.39 is 0 Å². The third kappa shape index (κ3) is 3.07. The molecule has 4 heterocycles. The van der Waals surface area contributed by atoms with Gasteiger partial charge >= 0.3 is 0 Å². The first kappa shape index (κ1) is 23.8. The zero-order valence-electron chi connectivity index (χ0n) is 23.8. The fraction of sp³-hybridized carbons (Fsp3) is 0. The van der Waals surface area contributed by atoms with Crippen LogP contribution in [0.4, 0.5) is 17.1 Å². The molecule has 0 saturated carbocycles. The van der Waals surface area contributed by atoms with E-state index in [1.165, 1.54) is 44.1 Å². The maximum absolute atomic E-state index is 7.25. The van der Waals surface area contributed by atoms with Crippen molar-refractivity contribution in [3.8, 4) is 28.1 Å². The number of benzene rings is 6. The Kier molecular flexibility index (Phi) is 4.80. The molecular weight excluding hydrogens is 535 g/mol. The molecule has 2 aliphatic rings. The summed E-state index contributed by atoms with van der Waals surface area (Å²) in [5.74, 6) is 0.898. The maximum atomic E-state index is 7.25. The van der Waals surface area contributed by atoms with Crippen LogP contribution in [0.15, 0.2) is 156 Å². The molecule has 0 radical (unpaired) electrons. The molecular formula is C40H25BN2O. The van der Waals surface area contributed by atoms with E-state index in [4.69, 9.17) is 4.42 Å². The predicted molar refractivity (Wildman–Crippen MR) is 183 cm³/mol. The molecule has 0 bridgehead atoms. The Bertz CT molecular complexity index is 2390. The van der Waals surface area contributed by atoms with Gasteiger partial charge in [-0.25, -0.2) is 0 Å². The summed E-state index contributed by atoms with van der Waals surface area (Å²) in [6.45, 7) is -0.0587. The van der Waals surface area contributed by atoms with Crippen LogP contribution in [-0.4, -0.2) is 11.3 Å². The molecule has 204 valence electrons. The minimum Gasteiger partial charge on any atom is -0.467 e. The number of nitrogens with zero attached hydrogens (tertiary/aromatic N) is 2. The number of furan rings is 1. The highest BCUT2D eigenvalue weighted by molar-refractivity contribution is 6.99. The summed E-state index contributed by atoms with van der Waals surface area (Å²) < 4.78 is 9.72. The third-order valence-electron chi connectivity index (χ3n) is 9.38. The van der Waals surface area contributed by atoms with Crippen molar-refractivity contribution in [2.24, 2.45) is 0 Å². The van der Waals surface area contributed by atoms with E-state index >= 15 is 0 Å². The van der Waals surface area contributed by atoms with Crippen LogP contribution in [0.5, 0.6) is 0 Å². The molecule has 0 aliphatic carbocycles. The van der Waals surface area contributed by atoms with Crippen molar-refractivity contribution in [3.05, 3.63) is 152 Å². The lowest BCUT2D eigenvalue weighted by atomic mass is 9.36. The largest absolute Gasteiger partial charge is 0.467 e. The van der Waals surface area contributed by atoms with E-state index in [-0.39, 0.29) is 6.71 Å². The van der Waals surface area contributed by atoms with E-state index in [2.05, 4.69) is 161 Å². The van der Waals surface area contributed by atoms with Gasteiger partial charge in [-0.2, -0.15) is 0 Å². The van der Waals surface area contributed by atoms with Gasteiger partial charge in [0, 0.05) is 33.4 Å². The first-order valence-electron chi connectivity index (χ1n) is 15.2. The van der Waals surface area contributed by atoms with Crippen molar-refractivity contribution >= 4 is 62.2 Å². The van der Waals surface area contributed by atoms with Crippen molar-refractivity contribution in [2.45, 2.75) is 0 Å². The molecule has 44 heavy (non-hydrogen) atoms. The monoisotopic (exact) mass is 560 g/mol. The number of aromatic nitrogens is 1. The smallest absolute Gasteiger partial charge is 0.297 e. The zero-order valence-corrected chi connectivity index (χ0v) is 23.8. The Labute approximate surface area is 255 Å². The molecule has 0 unspecified atom stereocenters. The van der Waals surface area contributed by atoms with Crippen LogP contribution >= 0.6 is 0 Å². The molecule has 0 N–H and O–H groups in total. The Morgan fingerprint density at radius 1 is 0.523 bits per heavy atom. The average molecular weight is 560 g/mol. The molecule has 10 rings (SSSR count). The molecule has 2 aromatic heterocycles. The standard InChI is InChI=1S/C40H25BN2O/c1-4-14-26(15-5-1)35-38-40(44-39(35)27-16-6-2-7-17-27)41-31-21-11-13-23-33(31)43-32-22-12-10-20-29(32)30-24-25-34(36(41)37(30)43)42(38)28-18-8-3-9-19-28/h1-25H. The molecule has 2 aliphatic heterocycles. The number of rotatable bonds is 3. The summed E-state index contributed by atoms with van der Waals surface area (Å²) in [6.07, 6.45) is 0. The van der Waals surface area contributed by atoms with Gasteiger partial charge < -0.3 is 13.9 Å². The Hall–Kier alpha value is -5.74. The highest BCUT2D eigenvalue weighted by Crippen LogP contribution is 2.49. The van der Waals surface area contributed by atoms with Gasteiger partial charge in [-0.3, -0.25) is 0 Å². The zero-order chi connectivity index (χ0) is 28.8. The van der Waals surface area contributed by atoms with Gasteiger partial charge in [-0.15, -0.1) is 0 Å². The van der Waals surface area contributed by atoms with E-state index in [0.29, 0.717) is 0 Å². The third-order valence-corrected chi connectivity index (χ3v) is 9.38. The second-order valence-corrected chi connectivity index (χ2v) is 11.7. The molecule has 8 aromatic rings. The van der Waals surface area contributed by atoms with Gasteiger partial charge in [0.1, 0.15) is 5.76 Å². The van der Waals surface area contributed by atoms with Crippen LogP contribution in [0.2, 0.25) is 0 Å². The van der Waals surface area contributed by atoms with Crippen molar-refractivity contribution in [2.75, 3.05) is 4.90 Å². The topological polar surface area (TPSA) is 21.3 Å². The highest BCUT2D eigenvalue weighted by Gasteiger charge is 2.46. The van der Waals surface area contributed by atoms with Gasteiger partial charge in [-0.1, -0.05) is 121 Å². The first-order chi connectivity index (χ1) is 21.9. The van der Waals surface area contributed by atoms with Crippen LogP contribution in [0.25, 0.3) is 49.9 Å². The Morgan fingerprint density at radius 3 is 1.98 bits per heavy atom. The van der Waals surface area contributed by atoms with Crippen LogP contribution in [-0.2, 0) is 0 Å². The van der Waals surface area contributed by atoms with E-state index in [9.17, 15) is 0 Å². The summed E-state index contributed by atoms with van der Waals surface area (Å²) in [5.41, 5.74) is 14.0. The van der Waals surface area contributed by atoms with Crippen LogP contribution in [0, 0.1) is 0 Å². The fourth-order valence-electron chi connectivity index (χ4n) is 7.65. The summed E-state index contributed by atoms with van der Waals surface area (Å²) in [5, 5.41) is 2.54. The second kappa shape index (κ2) is 8.89. The van der Waals surface area contributed by atoms with E-state index in [0.717, 1.165) is 39.5 Å². The second-order valence-electron chi connectivity index (χ2n) is 11.7. The first-order valence-corrected chi connectivity index (χ1v) is 15.2. The number of hydrogen-bond acceptors (Lipinski definition) is 2. The molecule has 0 atom stereocenters. The van der Waals surface area contributed by atoms with Crippen molar-refractivity contribution in [1.82, 2.24) is 4.57 Å². The average Bonchev–Trinajstić information content (AvgIpc) is 3.66. The lowest BCUT2D eigenvalue weighted by Crippen LogP contribution is -2.59. The SMILES string of the molecule is c1ccc(-c2oc3c(c2-c2ccccc2)N(c2ccccc2)c2ccc4c5ccccc5n5c4c2B3c2ccccc2-5)cc1. The van der Waals surface area contributed by atoms with E-state index in [1.807, 2.05) is 0 Å². The molecule has 3 nitrogen and oxygen atoms in total. The quantitative estimate of drug-likeness (QED) is 0.203. The van der Waals surface area contributed by atoms with Crippen LogP contribution < -0.4 is 21.5 Å². The van der Waals surface area contributed by atoms with Gasteiger partial charge in [-0.05, 0) is 46.8 Å².